The van der Waals surface area contributed by atoms with E-state index in [9.17, 15) is 4.79 Å². The summed E-state index contributed by atoms with van der Waals surface area (Å²) >= 11 is 0. The molecule has 0 aromatic carbocycles. The van der Waals surface area contributed by atoms with E-state index in [1.54, 1.807) is 0 Å². The summed E-state index contributed by atoms with van der Waals surface area (Å²) in [5.41, 5.74) is 0. The summed E-state index contributed by atoms with van der Waals surface area (Å²) in [6.45, 7) is 2.15. The first-order valence-corrected chi connectivity index (χ1v) is 5.49. The number of carbonyl (C=O) groups excluding carboxylic acids is 1. The molecule has 0 unspecified atom stereocenters. The molecule has 0 spiro atoms. The summed E-state index contributed by atoms with van der Waals surface area (Å²) < 4.78 is 5.38. The largest absolute Gasteiger partial charge is 0.366 e. The molecule has 1 amide bonds. The zero-order valence-corrected chi connectivity index (χ0v) is 8.42. The number of morpholine rings is 1. The van der Waals surface area contributed by atoms with Gasteiger partial charge < -0.3 is 15.4 Å². The molecule has 1 aliphatic heterocycles. The Labute approximate surface area is 84.4 Å². The summed E-state index contributed by atoms with van der Waals surface area (Å²) in [4.78, 5) is 11.7. The van der Waals surface area contributed by atoms with E-state index in [1.165, 1.54) is 12.8 Å². The van der Waals surface area contributed by atoms with E-state index in [4.69, 9.17) is 4.74 Å². The average molecular weight is 198 g/mol. The predicted molar refractivity (Wildman–Crippen MR) is 53.0 cm³/mol. The van der Waals surface area contributed by atoms with Gasteiger partial charge in [0.05, 0.1) is 6.61 Å². The Balaban J connectivity index is 1.75. The maximum atomic E-state index is 11.7. The van der Waals surface area contributed by atoms with Gasteiger partial charge in [-0.1, -0.05) is 12.8 Å². The van der Waals surface area contributed by atoms with Gasteiger partial charge in [-0.25, -0.2) is 0 Å². The van der Waals surface area contributed by atoms with Gasteiger partial charge in [-0.3, -0.25) is 4.79 Å². The van der Waals surface area contributed by atoms with Gasteiger partial charge in [-0.2, -0.15) is 0 Å². The second-order valence-electron chi connectivity index (χ2n) is 4.05. The van der Waals surface area contributed by atoms with Gasteiger partial charge in [0, 0.05) is 19.1 Å². The maximum Gasteiger partial charge on any atom is 0.250 e. The monoisotopic (exact) mass is 198 g/mol. The Kier molecular flexibility index (Phi) is 3.37. The zero-order valence-electron chi connectivity index (χ0n) is 8.42. The van der Waals surface area contributed by atoms with Crippen LogP contribution in [0.15, 0.2) is 0 Å². The third-order valence-corrected chi connectivity index (χ3v) is 2.92. The van der Waals surface area contributed by atoms with Crippen LogP contribution in [0.25, 0.3) is 0 Å². The van der Waals surface area contributed by atoms with E-state index in [2.05, 4.69) is 10.6 Å². The first-order valence-electron chi connectivity index (χ1n) is 5.49. The highest BCUT2D eigenvalue weighted by Crippen LogP contribution is 2.17. The fraction of sp³-hybridized carbons (Fsp3) is 0.900. The smallest absolute Gasteiger partial charge is 0.250 e. The Hall–Kier alpha value is -0.610. The summed E-state index contributed by atoms with van der Waals surface area (Å²) in [5, 5.41) is 6.20. The second-order valence-corrected chi connectivity index (χ2v) is 4.05. The molecular formula is C10H18N2O2. The van der Waals surface area contributed by atoms with Crippen molar-refractivity contribution in [3.8, 4) is 0 Å². The summed E-state index contributed by atoms with van der Waals surface area (Å²) in [6, 6.07) is 0.396. The van der Waals surface area contributed by atoms with Gasteiger partial charge in [0.1, 0.15) is 6.10 Å². The van der Waals surface area contributed by atoms with E-state index in [0.717, 1.165) is 19.4 Å². The molecule has 2 N–H and O–H groups in total. The topological polar surface area (TPSA) is 50.4 Å². The highest BCUT2D eigenvalue weighted by molar-refractivity contribution is 5.81. The van der Waals surface area contributed by atoms with Gasteiger partial charge >= 0.3 is 0 Å². The van der Waals surface area contributed by atoms with Crippen LogP contribution in [0.1, 0.15) is 25.7 Å². The Morgan fingerprint density at radius 3 is 2.79 bits per heavy atom. The van der Waals surface area contributed by atoms with Gasteiger partial charge in [0.2, 0.25) is 0 Å². The van der Waals surface area contributed by atoms with E-state index in [0.29, 0.717) is 19.2 Å². The molecule has 14 heavy (non-hydrogen) atoms. The Morgan fingerprint density at radius 2 is 2.14 bits per heavy atom. The third-order valence-electron chi connectivity index (χ3n) is 2.92. The SMILES string of the molecule is O=C(NC1CCCC1)[C@@H]1CNCCO1. The van der Waals surface area contributed by atoms with Crippen LogP contribution < -0.4 is 10.6 Å². The standard InChI is InChI=1S/C10H18N2O2/c13-10(9-7-11-5-6-14-9)12-8-3-1-2-4-8/h8-9,11H,1-7H2,(H,12,13)/t9-/m0/s1. The lowest BCUT2D eigenvalue weighted by Gasteiger charge is -2.24. The van der Waals surface area contributed by atoms with Crippen LogP contribution in [0.5, 0.6) is 0 Å². The zero-order chi connectivity index (χ0) is 9.80. The molecule has 4 heteroatoms. The molecule has 1 heterocycles. The first-order chi connectivity index (χ1) is 6.86. The van der Waals surface area contributed by atoms with Crippen molar-refractivity contribution >= 4 is 5.91 Å². The summed E-state index contributed by atoms with van der Waals surface area (Å²) in [7, 11) is 0. The normalized spacial score (nSPS) is 29.0. The number of rotatable bonds is 2. The van der Waals surface area contributed by atoms with Crippen LogP contribution in [0.2, 0.25) is 0 Å². The molecule has 4 nitrogen and oxygen atoms in total. The molecule has 1 aliphatic carbocycles. The molecule has 2 fully saturated rings. The van der Waals surface area contributed by atoms with E-state index >= 15 is 0 Å². The van der Waals surface area contributed by atoms with Crippen molar-refractivity contribution in [1.29, 1.82) is 0 Å². The minimum absolute atomic E-state index is 0.0594. The lowest BCUT2D eigenvalue weighted by molar-refractivity contribution is -0.134. The Bertz CT molecular complexity index is 196. The molecule has 80 valence electrons. The van der Waals surface area contributed by atoms with Gasteiger partial charge in [0.15, 0.2) is 0 Å². The van der Waals surface area contributed by atoms with Crippen molar-refractivity contribution in [2.75, 3.05) is 19.7 Å². The number of hydrogen-bond donors (Lipinski definition) is 2. The van der Waals surface area contributed by atoms with Crippen molar-refractivity contribution in [3.63, 3.8) is 0 Å². The first kappa shape index (κ1) is 9.93. The number of hydrogen-bond acceptors (Lipinski definition) is 3. The van der Waals surface area contributed by atoms with E-state index in [1.807, 2.05) is 0 Å². The van der Waals surface area contributed by atoms with Crippen LogP contribution in [-0.4, -0.2) is 37.7 Å². The molecule has 0 aromatic rings. The van der Waals surface area contributed by atoms with Crippen LogP contribution >= 0.6 is 0 Å². The average Bonchev–Trinajstić information content (AvgIpc) is 2.72. The lowest BCUT2D eigenvalue weighted by Crippen LogP contribution is -2.49. The highest BCUT2D eigenvalue weighted by atomic mass is 16.5. The molecule has 0 bridgehead atoms. The van der Waals surface area contributed by atoms with Crippen molar-refractivity contribution in [1.82, 2.24) is 10.6 Å². The lowest BCUT2D eigenvalue weighted by atomic mass is 10.2. The molecule has 0 aromatic heterocycles. The fourth-order valence-electron chi connectivity index (χ4n) is 2.10. The van der Waals surface area contributed by atoms with E-state index < -0.39 is 0 Å². The minimum atomic E-state index is -0.274. The van der Waals surface area contributed by atoms with Crippen molar-refractivity contribution in [3.05, 3.63) is 0 Å². The molecular weight excluding hydrogens is 180 g/mol. The maximum absolute atomic E-state index is 11.7. The van der Waals surface area contributed by atoms with Crippen LogP contribution in [0.3, 0.4) is 0 Å². The third kappa shape index (κ3) is 2.45. The van der Waals surface area contributed by atoms with Crippen molar-refractivity contribution in [2.24, 2.45) is 0 Å². The highest BCUT2D eigenvalue weighted by Gasteiger charge is 2.25. The quantitative estimate of drug-likeness (QED) is 0.658. The predicted octanol–water partition coefficient (Wildman–Crippen LogP) is 0.0336. The molecule has 2 aliphatic rings. The van der Waals surface area contributed by atoms with Crippen molar-refractivity contribution in [2.45, 2.75) is 37.8 Å². The van der Waals surface area contributed by atoms with Gasteiger partial charge in [0.25, 0.3) is 5.91 Å². The molecule has 0 radical (unpaired) electrons. The van der Waals surface area contributed by atoms with Crippen LogP contribution in [0, 0.1) is 0 Å². The Morgan fingerprint density at radius 1 is 1.36 bits per heavy atom. The molecule has 1 saturated carbocycles. The van der Waals surface area contributed by atoms with Gasteiger partial charge in [-0.15, -0.1) is 0 Å². The molecule has 2 rings (SSSR count). The summed E-state index contributed by atoms with van der Waals surface area (Å²) in [6.07, 6.45) is 4.48. The summed E-state index contributed by atoms with van der Waals surface area (Å²) in [5.74, 6) is 0.0594. The number of nitrogens with one attached hydrogen (secondary N) is 2. The van der Waals surface area contributed by atoms with Crippen molar-refractivity contribution < 1.29 is 9.53 Å². The van der Waals surface area contributed by atoms with E-state index in [-0.39, 0.29) is 12.0 Å². The number of amides is 1. The fourth-order valence-corrected chi connectivity index (χ4v) is 2.10. The van der Waals surface area contributed by atoms with Gasteiger partial charge in [-0.05, 0) is 12.8 Å². The number of carbonyl (C=O) groups is 1. The van der Waals surface area contributed by atoms with Crippen LogP contribution in [0.4, 0.5) is 0 Å². The minimum Gasteiger partial charge on any atom is -0.366 e. The second kappa shape index (κ2) is 4.75. The molecule has 1 saturated heterocycles. The van der Waals surface area contributed by atoms with Crippen LogP contribution in [-0.2, 0) is 9.53 Å². The number of ether oxygens (including phenoxy) is 1. The molecule has 1 atom stereocenters.